The van der Waals surface area contributed by atoms with E-state index < -0.39 is 29.9 Å². The monoisotopic (exact) mass is 542 g/mol. The second-order valence-corrected chi connectivity index (χ2v) is 16.5. The van der Waals surface area contributed by atoms with Gasteiger partial charge in [0.2, 0.25) is 0 Å². The van der Waals surface area contributed by atoms with Gasteiger partial charge >= 0.3 is 5.97 Å². The summed E-state index contributed by atoms with van der Waals surface area (Å²) in [7, 11) is 0. The van der Waals surface area contributed by atoms with E-state index in [1.165, 1.54) is 44.6 Å². The Morgan fingerprint density at radius 2 is 1.62 bits per heavy atom. The van der Waals surface area contributed by atoms with E-state index in [0.29, 0.717) is 34.5 Å². The first-order valence-electron chi connectivity index (χ1n) is 15.9. The van der Waals surface area contributed by atoms with E-state index in [1.54, 1.807) is 13.8 Å². The van der Waals surface area contributed by atoms with Crippen LogP contribution in [0.25, 0.3) is 0 Å². The van der Waals surface area contributed by atoms with Gasteiger partial charge in [0.15, 0.2) is 6.10 Å². The van der Waals surface area contributed by atoms with Crippen molar-refractivity contribution in [2.24, 2.45) is 56.7 Å². The molecule has 5 heteroatoms. The number of allylic oxidation sites excluding steroid dienone is 1. The molecule has 0 bridgehead atoms. The fraction of sp³-hybridized carbons (Fsp3) is 0.912. The highest BCUT2D eigenvalue weighted by molar-refractivity contribution is 5.66. The molecule has 0 aromatic heterocycles. The molecule has 0 radical (unpaired) electrons. The normalized spacial score (nSPS) is 52.4. The van der Waals surface area contributed by atoms with Crippen LogP contribution in [0.15, 0.2) is 11.3 Å². The van der Waals surface area contributed by atoms with Crippen molar-refractivity contribution in [3.63, 3.8) is 0 Å². The van der Waals surface area contributed by atoms with Crippen LogP contribution in [0.5, 0.6) is 0 Å². The highest BCUT2D eigenvalue weighted by atomic mass is 16.6. The van der Waals surface area contributed by atoms with Gasteiger partial charge in [0, 0.05) is 17.8 Å². The number of hydrogen-bond acceptors (Lipinski definition) is 5. The molecule has 1 aliphatic heterocycles. The first-order valence-corrected chi connectivity index (χ1v) is 15.9. The van der Waals surface area contributed by atoms with Crippen LogP contribution >= 0.6 is 0 Å². The van der Waals surface area contributed by atoms with Gasteiger partial charge in [0.05, 0.1) is 5.60 Å². The zero-order valence-corrected chi connectivity index (χ0v) is 26.2. The number of fused-ring (bicyclic) bond motifs is 3. The average molecular weight is 543 g/mol. The number of ether oxygens (including phenoxy) is 2. The molecule has 0 saturated heterocycles. The molecule has 4 saturated carbocycles. The van der Waals surface area contributed by atoms with Crippen LogP contribution in [-0.2, 0) is 14.3 Å². The van der Waals surface area contributed by atoms with Crippen LogP contribution in [-0.4, -0.2) is 40.1 Å². The molecule has 6 aliphatic rings. The first kappa shape index (κ1) is 28.1. The van der Waals surface area contributed by atoms with Crippen LogP contribution in [0.3, 0.4) is 0 Å². The topological polar surface area (TPSA) is 76.0 Å². The van der Waals surface area contributed by atoms with Crippen molar-refractivity contribution in [2.45, 2.75) is 138 Å². The molecule has 0 aromatic carbocycles. The van der Waals surface area contributed by atoms with Crippen LogP contribution in [0, 0.1) is 56.7 Å². The van der Waals surface area contributed by atoms with Gasteiger partial charge in [-0.15, -0.1) is 0 Å². The fourth-order valence-corrected chi connectivity index (χ4v) is 12.6. The Morgan fingerprint density at radius 1 is 1.00 bits per heavy atom. The number of esters is 1. The summed E-state index contributed by atoms with van der Waals surface area (Å²) in [4.78, 5) is 12.0. The van der Waals surface area contributed by atoms with Crippen molar-refractivity contribution in [3.05, 3.63) is 11.3 Å². The van der Waals surface area contributed by atoms with Crippen molar-refractivity contribution >= 4 is 5.97 Å². The predicted octanol–water partition coefficient (Wildman–Crippen LogP) is 6.65. The molecule has 220 valence electrons. The lowest BCUT2D eigenvalue weighted by Crippen LogP contribution is -2.59. The zero-order chi connectivity index (χ0) is 28.7. The Kier molecular flexibility index (Phi) is 5.80. The summed E-state index contributed by atoms with van der Waals surface area (Å²) in [6.07, 6.45) is 6.20. The summed E-state index contributed by atoms with van der Waals surface area (Å²) >= 11 is 0. The van der Waals surface area contributed by atoms with Crippen molar-refractivity contribution in [3.8, 4) is 0 Å². The molecule has 0 amide bonds. The number of carbonyl (C=O) groups excluding carboxylic acids is 1. The molecule has 2 N–H and O–H groups in total. The molecule has 2 spiro atoms. The van der Waals surface area contributed by atoms with Gasteiger partial charge < -0.3 is 19.7 Å². The Balaban J connectivity index is 1.38. The number of carbonyl (C=O) groups is 1. The molecule has 5 aliphatic carbocycles. The Morgan fingerprint density at radius 3 is 2.23 bits per heavy atom. The predicted molar refractivity (Wildman–Crippen MR) is 151 cm³/mol. The highest BCUT2D eigenvalue weighted by Gasteiger charge is 2.86. The molecule has 39 heavy (non-hydrogen) atoms. The van der Waals surface area contributed by atoms with E-state index >= 15 is 0 Å². The molecular formula is C34H54O5. The fourth-order valence-electron chi connectivity index (χ4n) is 12.6. The van der Waals surface area contributed by atoms with E-state index in [2.05, 4.69) is 48.5 Å². The van der Waals surface area contributed by atoms with Crippen molar-refractivity contribution in [1.29, 1.82) is 0 Å². The second-order valence-electron chi connectivity index (χ2n) is 16.5. The molecule has 12 atom stereocenters. The lowest BCUT2D eigenvalue weighted by molar-refractivity contribution is -0.182. The highest BCUT2D eigenvalue weighted by Crippen LogP contribution is 2.91. The average Bonchev–Trinajstić information content (AvgIpc) is 3.30. The van der Waals surface area contributed by atoms with Crippen molar-refractivity contribution in [2.75, 3.05) is 0 Å². The Labute approximate surface area is 236 Å². The molecule has 0 unspecified atom stereocenters. The molecule has 1 heterocycles. The van der Waals surface area contributed by atoms with Gasteiger partial charge in [-0.1, -0.05) is 48.5 Å². The number of aliphatic hydroxyl groups is 2. The van der Waals surface area contributed by atoms with Gasteiger partial charge in [-0.05, 0) is 110 Å². The Hall–Kier alpha value is -1.07. The minimum absolute atomic E-state index is 0.123. The third-order valence-electron chi connectivity index (χ3n) is 14.8. The second kappa shape index (κ2) is 8.06. The lowest BCUT2D eigenvalue weighted by atomic mass is 9.41. The molecule has 0 aromatic rings. The van der Waals surface area contributed by atoms with Crippen molar-refractivity contribution < 1.29 is 24.5 Å². The molecule has 4 fully saturated rings. The number of rotatable bonds is 3. The summed E-state index contributed by atoms with van der Waals surface area (Å²) in [5.74, 6) is 3.19. The summed E-state index contributed by atoms with van der Waals surface area (Å²) in [5.41, 5.74) is 0.719. The van der Waals surface area contributed by atoms with Gasteiger partial charge in [0.1, 0.15) is 18.0 Å². The maximum absolute atomic E-state index is 12.4. The Bertz CT molecular complexity index is 1100. The standard InChI is InChI=1S/C34H54O5/c1-18-17-22(28(30(7,8)37)38-21(4)35)39-26-25(18)31(9)15-16-34-20(3)33(34)14-13-19(2)29(5,6)23(33)11-12-24(34)32(31,10)27(26)36/h18-20,22-24,27-28,36-37H,11-17H2,1-10H3/t18-,19+,20-,22-,23+,24+,27+,28-,31-,32-,33-,34+/m1/s1. The summed E-state index contributed by atoms with van der Waals surface area (Å²) < 4.78 is 12.3. The van der Waals surface area contributed by atoms with E-state index in [-0.39, 0.29) is 16.7 Å². The van der Waals surface area contributed by atoms with Gasteiger partial charge in [-0.2, -0.15) is 0 Å². The number of aliphatic hydroxyl groups excluding tert-OH is 1. The quantitative estimate of drug-likeness (QED) is 0.390. The van der Waals surface area contributed by atoms with Crippen LogP contribution in [0.2, 0.25) is 0 Å². The van der Waals surface area contributed by atoms with E-state index in [0.717, 1.165) is 24.0 Å². The molecule has 5 nitrogen and oxygen atoms in total. The SMILES string of the molecule is CC(=O)O[C@H]([C@H]1C[C@@H](C)C2=C(O1)[C@H](O)[C@@]1(C)[C@@H]3CC[C@H]4C(C)(C)[C@@H](C)CC[C@@]45[C@@H](C)[C@@]35CC[C@]21C)C(C)(C)O. The summed E-state index contributed by atoms with van der Waals surface area (Å²) in [6.45, 7) is 21.9. The number of hydrogen-bond donors (Lipinski definition) is 2. The largest absolute Gasteiger partial charge is 0.488 e. The third kappa shape index (κ3) is 3.08. The molecule has 6 rings (SSSR count). The van der Waals surface area contributed by atoms with Crippen molar-refractivity contribution in [1.82, 2.24) is 0 Å². The summed E-state index contributed by atoms with van der Waals surface area (Å²) in [5, 5.41) is 23.3. The third-order valence-corrected chi connectivity index (χ3v) is 14.8. The minimum atomic E-state index is -1.25. The zero-order valence-electron chi connectivity index (χ0n) is 26.2. The van der Waals surface area contributed by atoms with Gasteiger partial charge in [-0.25, -0.2) is 0 Å². The van der Waals surface area contributed by atoms with E-state index in [1.807, 2.05) is 0 Å². The molecular weight excluding hydrogens is 488 g/mol. The van der Waals surface area contributed by atoms with E-state index in [4.69, 9.17) is 9.47 Å². The lowest BCUT2D eigenvalue weighted by Gasteiger charge is -2.63. The van der Waals surface area contributed by atoms with Crippen LogP contribution in [0.4, 0.5) is 0 Å². The minimum Gasteiger partial charge on any atom is -0.488 e. The van der Waals surface area contributed by atoms with Gasteiger partial charge in [0.25, 0.3) is 0 Å². The first-order chi connectivity index (χ1) is 17.9. The van der Waals surface area contributed by atoms with Crippen LogP contribution < -0.4 is 0 Å². The maximum atomic E-state index is 12.4. The smallest absolute Gasteiger partial charge is 0.303 e. The van der Waals surface area contributed by atoms with E-state index in [9.17, 15) is 15.0 Å². The maximum Gasteiger partial charge on any atom is 0.303 e. The van der Waals surface area contributed by atoms with Gasteiger partial charge in [-0.3, -0.25) is 4.79 Å². The summed E-state index contributed by atoms with van der Waals surface area (Å²) in [6, 6.07) is 0. The van der Waals surface area contributed by atoms with Crippen LogP contribution in [0.1, 0.15) is 114 Å².